The van der Waals surface area contributed by atoms with Gasteiger partial charge in [0.25, 0.3) is 5.19 Å². The van der Waals surface area contributed by atoms with Crippen LogP contribution in [0.15, 0.2) is 18.3 Å². The fraction of sp³-hybridized carbons (Fsp3) is 0.100. The predicted octanol–water partition coefficient (Wildman–Crippen LogP) is 4.46. The molecule has 8 heteroatoms. The second-order valence-electron chi connectivity index (χ2n) is 3.36. The van der Waals surface area contributed by atoms with Crippen LogP contribution in [0.4, 0.5) is 5.00 Å². The molecule has 1 aromatic heterocycles. The number of hydrogen-bond donors (Lipinski definition) is 0. The third kappa shape index (κ3) is 2.72. The van der Waals surface area contributed by atoms with Gasteiger partial charge in [-0.1, -0.05) is 23.2 Å². The lowest BCUT2D eigenvalue weighted by atomic mass is 10.2. The van der Waals surface area contributed by atoms with Crippen molar-refractivity contribution in [1.82, 2.24) is 4.98 Å². The maximum atomic E-state index is 10.5. The minimum absolute atomic E-state index is 0.0909. The summed E-state index contributed by atoms with van der Waals surface area (Å²) in [7, 11) is 0. The molecule has 0 fully saturated rings. The zero-order chi connectivity index (χ0) is 13.3. The van der Waals surface area contributed by atoms with Crippen LogP contribution < -0.4 is 4.74 Å². The van der Waals surface area contributed by atoms with E-state index in [1.807, 2.05) is 0 Å². The summed E-state index contributed by atoms with van der Waals surface area (Å²) in [6.07, 6.45) is 1.14. The minimum atomic E-state index is -0.529. The molecule has 1 aromatic carbocycles. The van der Waals surface area contributed by atoms with Gasteiger partial charge >= 0.3 is 5.00 Å². The van der Waals surface area contributed by atoms with Crippen molar-refractivity contribution in [2.75, 3.05) is 0 Å². The first kappa shape index (κ1) is 13.1. The first-order valence-corrected chi connectivity index (χ1v) is 6.28. The summed E-state index contributed by atoms with van der Waals surface area (Å²) >= 11 is 12.7. The molecule has 0 aliphatic heterocycles. The maximum Gasteiger partial charge on any atom is 0.347 e. The van der Waals surface area contributed by atoms with E-state index in [1.54, 1.807) is 19.1 Å². The summed E-state index contributed by atoms with van der Waals surface area (Å²) in [5.41, 5.74) is 0.794. The van der Waals surface area contributed by atoms with E-state index in [0.29, 0.717) is 15.8 Å². The highest BCUT2D eigenvalue weighted by atomic mass is 35.5. The van der Waals surface area contributed by atoms with Gasteiger partial charge in [0.05, 0.1) is 9.95 Å². The molecule has 0 saturated carbocycles. The first-order chi connectivity index (χ1) is 8.47. The standard InChI is InChI=1S/C10H6Cl2N2O3S/c1-5-2-8(7(12)3-6(5)11)17-10-13-4-9(18-10)14(15)16/h2-4H,1H3. The van der Waals surface area contributed by atoms with E-state index in [2.05, 4.69) is 4.98 Å². The van der Waals surface area contributed by atoms with Crippen LogP contribution in [0.1, 0.15) is 5.56 Å². The Balaban J connectivity index is 2.28. The van der Waals surface area contributed by atoms with Gasteiger partial charge in [-0.05, 0) is 36.0 Å². The molecular weight excluding hydrogens is 299 g/mol. The monoisotopic (exact) mass is 304 g/mol. The van der Waals surface area contributed by atoms with E-state index < -0.39 is 4.92 Å². The molecule has 2 aromatic rings. The molecule has 0 amide bonds. The van der Waals surface area contributed by atoms with Gasteiger partial charge < -0.3 is 4.74 Å². The number of aryl methyl sites for hydroxylation is 1. The molecule has 5 nitrogen and oxygen atoms in total. The number of benzene rings is 1. The number of nitrogens with zero attached hydrogens (tertiary/aromatic N) is 2. The van der Waals surface area contributed by atoms with Gasteiger partial charge in [0.15, 0.2) is 0 Å². The van der Waals surface area contributed by atoms with E-state index in [0.717, 1.165) is 23.1 Å². The summed E-state index contributed by atoms with van der Waals surface area (Å²) in [6.45, 7) is 1.80. The Hall–Kier alpha value is -1.37. The van der Waals surface area contributed by atoms with E-state index in [1.165, 1.54) is 0 Å². The zero-order valence-electron chi connectivity index (χ0n) is 9.02. The van der Waals surface area contributed by atoms with Gasteiger partial charge in [-0.3, -0.25) is 10.1 Å². The Labute approximate surface area is 116 Å². The molecule has 2 rings (SSSR count). The Kier molecular flexibility index (Phi) is 3.70. The van der Waals surface area contributed by atoms with E-state index in [4.69, 9.17) is 27.9 Å². The molecular formula is C10H6Cl2N2O3S. The average Bonchev–Trinajstić information content (AvgIpc) is 2.74. The number of hydrogen-bond acceptors (Lipinski definition) is 5. The Morgan fingerprint density at radius 1 is 1.39 bits per heavy atom. The van der Waals surface area contributed by atoms with E-state index in [-0.39, 0.29) is 10.2 Å². The van der Waals surface area contributed by atoms with Gasteiger partial charge in [-0.25, -0.2) is 4.98 Å². The summed E-state index contributed by atoms with van der Waals surface area (Å²) < 4.78 is 5.39. The second-order valence-corrected chi connectivity index (χ2v) is 5.14. The summed E-state index contributed by atoms with van der Waals surface area (Å²) in [4.78, 5) is 13.8. The normalized spacial score (nSPS) is 10.4. The van der Waals surface area contributed by atoms with Crippen molar-refractivity contribution in [3.05, 3.63) is 44.1 Å². The molecule has 0 radical (unpaired) electrons. The van der Waals surface area contributed by atoms with Gasteiger partial charge in [0.1, 0.15) is 11.9 Å². The maximum absolute atomic E-state index is 10.5. The van der Waals surface area contributed by atoms with Crippen molar-refractivity contribution in [3.63, 3.8) is 0 Å². The van der Waals surface area contributed by atoms with Gasteiger partial charge in [-0.15, -0.1) is 0 Å². The SMILES string of the molecule is Cc1cc(Oc2ncc([N+](=O)[O-])s2)c(Cl)cc1Cl. The smallest absolute Gasteiger partial charge is 0.347 e. The summed E-state index contributed by atoms with van der Waals surface area (Å²) in [5.74, 6) is 0.364. The lowest BCUT2D eigenvalue weighted by molar-refractivity contribution is -0.380. The fourth-order valence-electron chi connectivity index (χ4n) is 1.18. The number of aromatic nitrogens is 1. The fourth-order valence-corrected chi connectivity index (χ4v) is 2.20. The molecule has 1 heterocycles. The predicted molar refractivity (Wildman–Crippen MR) is 70.0 cm³/mol. The highest BCUT2D eigenvalue weighted by molar-refractivity contribution is 7.16. The number of halogens is 2. The Morgan fingerprint density at radius 3 is 2.72 bits per heavy atom. The quantitative estimate of drug-likeness (QED) is 0.620. The van der Waals surface area contributed by atoms with Crippen molar-refractivity contribution >= 4 is 39.5 Å². The minimum Gasteiger partial charge on any atom is -0.429 e. The molecule has 0 spiro atoms. The summed E-state index contributed by atoms with van der Waals surface area (Å²) in [6, 6.07) is 3.20. The Bertz CT molecular complexity index is 615. The number of rotatable bonds is 3. The first-order valence-electron chi connectivity index (χ1n) is 4.71. The van der Waals surface area contributed by atoms with Crippen LogP contribution in [0.2, 0.25) is 10.0 Å². The number of thiazole rings is 1. The molecule has 0 unspecified atom stereocenters. The molecule has 0 atom stereocenters. The van der Waals surface area contributed by atoms with Crippen LogP contribution in [-0.4, -0.2) is 9.91 Å². The van der Waals surface area contributed by atoms with Gasteiger partial charge in [0.2, 0.25) is 0 Å². The van der Waals surface area contributed by atoms with Crippen LogP contribution >= 0.6 is 34.5 Å². The third-order valence-corrected chi connectivity index (χ3v) is 3.59. The van der Waals surface area contributed by atoms with Crippen LogP contribution in [0.3, 0.4) is 0 Å². The number of ether oxygens (including phenoxy) is 1. The summed E-state index contributed by atoms with van der Waals surface area (Å²) in [5, 5.41) is 11.4. The molecule has 18 heavy (non-hydrogen) atoms. The molecule has 0 bridgehead atoms. The molecule has 0 aliphatic rings. The van der Waals surface area contributed by atoms with E-state index in [9.17, 15) is 10.1 Å². The molecule has 0 saturated heterocycles. The van der Waals surface area contributed by atoms with E-state index >= 15 is 0 Å². The molecule has 94 valence electrons. The van der Waals surface area contributed by atoms with Crippen LogP contribution in [0.5, 0.6) is 10.9 Å². The molecule has 0 aliphatic carbocycles. The van der Waals surface area contributed by atoms with Crippen molar-refractivity contribution in [1.29, 1.82) is 0 Å². The van der Waals surface area contributed by atoms with Gasteiger partial charge in [-0.2, -0.15) is 0 Å². The van der Waals surface area contributed by atoms with Crippen LogP contribution in [0, 0.1) is 17.0 Å². The number of nitro groups is 1. The van der Waals surface area contributed by atoms with Gasteiger partial charge in [0, 0.05) is 5.02 Å². The zero-order valence-corrected chi connectivity index (χ0v) is 11.3. The van der Waals surface area contributed by atoms with Crippen molar-refractivity contribution in [2.24, 2.45) is 0 Å². The second kappa shape index (κ2) is 5.09. The van der Waals surface area contributed by atoms with Crippen molar-refractivity contribution in [2.45, 2.75) is 6.92 Å². The highest BCUT2D eigenvalue weighted by Gasteiger charge is 2.14. The average molecular weight is 305 g/mol. The van der Waals surface area contributed by atoms with Crippen molar-refractivity contribution in [3.8, 4) is 10.9 Å². The highest BCUT2D eigenvalue weighted by Crippen LogP contribution is 2.36. The lowest BCUT2D eigenvalue weighted by Gasteiger charge is -2.06. The molecule has 0 N–H and O–H groups in total. The topological polar surface area (TPSA) is 65.3 Å². The van der Waals surface area contributed by atoms with Crippen LogP contribution in [0.25, 0.3) is 0 Å². The van der Waals surface area contributed by atoms with Crippen molar-refractivity contribution < 1.29 is 9.66 Å². The third-order valence-electron chi connectivity index (χ3n) is 2.06. The largest absolute Gasteiger partial charge is 0.429 e. The van der Waals surface area contributed by atoms with Crippen LogP contribution in [-0.2, 0) is 0 Å². The Morgan fingerprint density at radius 2 is 2.11 bits per heavy atom. The lowest BCUT2D eigenvalue weighted by Crippen LogP contribution is -1.86.